The summed E-state index contributed by atoms with van der Waals surface area (Å²) in [5.41, 5.74) is -0.310. The van der Waals surface area contributed by atoms with E-state index in [-0.39, 0.29) is 12.5 Å². The fourth-order valence-corrected chi connectivity index (χ4v) is 2.41. The van der Waals surface area contributed by atoms with Gasteiger partial charge in [-0.2, -0.15) is 0 Å². The number of hydrogen-bond donors (Lipinski definition) is 3. The van der Waals surface area contributed by atoms with Crippen molar-refractivity contribution in [2.75, 3.05) is 11.9 Å². The molecule has 1 rings (SSSR count). The molecule has 1 aromatic carbocycles. The average molecular weight is 390 g/mol. The van der Waals surface area contributed by atoms with Gasteiger partial charge in [0.25, 0.3) is 0 Å². The van der Waals surface area contributed by atoms with Crippen molar-refractivity contribution < 1.29 is 14.7 Å². The molecule has 0 spiro atoms. The molecule has 0 bridgehead atoms. The summed E-state index contributed by atoms with van der Waals surface area (Å²) in [6.45, 7) is 3.56. The van der Waals surface area contributed by atoms with E-state index in [4.69, 9.17) is 0 Å². The molecule has 20 heavy (non-hydrogen) atoms. The zero-order valence-corrected chi connectivity index (χ0v) is 13.7. The van der Waals surface area contributed by atoms with Crippen molar-refractivity contribution >= 4 is 40.2 Å². The first kappa shape index (κ1) is 16.9. The molecule has 1 amide bonds. The highest BCUT2D eigenvalue weighted by Crippen LogP contribution is 2.17. The Bertz CT molecular complexity index is 487. The highest BCUT2D eigenvalue weighted by molar-refractivity contribution is 14.1. The van der Waals surface area contributed by atoms with Crippen LogP contribution >= 0.6 is 22.6 Å². The minimum atomic E-state index is -1.04. The lowest BCUT2D eigenvalue weighted by Crippen LogP contribution is -2.53. The van der Waals surface area contributed by atoms with Crippen molar-refractivity contribution in [3.8, 4) is 0 Å². The van der Waals surface area contributed by atoms with Crippen LogP contribution in [0.15, 0.2) is 24.3 Å². The molecule has 5 nitrogen and oxygen atoms in total. The van der Waals surface area contributed by atoms with Crippen LogP contribution in [0.5, 0.6) is 0 Å². The summed E-state index contributed by atoms with van der Waals surface area (Å²) >= 11 is 2.13. The molecule has 110 valence electrons. The molecular weight excluding hydrogens is 371 g/mol. The zero-order chi connectivity index (χ0) is 15.2. The summed E-state index contributed by atoms with van der Waals surface area (Å²) in [6.07, 6.45) is 0.851. The van der Waals surface area contributed by atoms with Crippen LogP contribution in [0.2, 0.25) is 0 Å². The van der Waals surface area contributed by atoms with Gasteiger partial charge in [-0.25, -0.2) is 0 Å². The van der Waals surface area contributed by atoms with Gasteiger partial charge in [-0.3, -0.25) is 14.9 Å². The molecule has 0 fully saturated rings. The van der Waals surface area contributed by atoms with Crippen LogP contribution in [0.1, 0.15) is 26.7 Å². The Labute approximate surface area is 132 Å². The highest BCUT2D eigenvalue weighted by atomic mass is 127. The summed E-state index contributed by atoms with van der Waals surface area (Å²) in [4.78, 5) is 23.2. The first-order valence-corrected chi connectivity index (χ1v) is 7.56. The van der Waals surface area contributed by atoms with Gasteiger partial charge in [-0.15, -0.1) is 0 Å². The van der Waals surface area contributed by atoms with Gasteiger partial charge in [0.05, 0.1) is 12.2 Å². The largest absolute Gasteiger partial charge is 0.480 e. The van der Waals surface area contributed by atoms with Crippen LogP contribution in [0.25, 0.3) is 0 Å². The predicted octanol–water partition coefficient (Wildman–Crippen LogP) is 2.46. The molecule has 0 saturated carbocycles. The molecule has 0 aliphatic rings. The number of anilines is 1. The van der Waals surface area contributed by atoms with Crippen LogP contribution in [-0.4, -0.2) is 29.1 Å². The summed E-state index contributed by atoms with van der Waals surface area (Å²) in [5.74, 6) is -1.17. The number of carbonyl (C=O) groups excluding carboxylic acids is 1. The Morgan fingerprint density at radius 1 is 1.25 bits per heavy atom. The van der Waals surface area contributed by atoms with E-state index in [0.717, 1.165) is 9.26 Å². The predicted molar refractivity (Wildman–Crippen MR) is 86.7 cm³/mol. The van der Waals surface area contributed by atoms with Crippen molar-refractivity contribution in [2.45, 2.75) is 32.2 Å². The molecule has 1 aromatic rings. The topological polar surface area (TPSA) is 78.4 Å². The maximum Gasteiger partial charge on any atom is 0.323 e. The van der Waals surface area contributed by atoms with E-state index < -0.39 is 11.5 Å². The lowest BCUT2D eigenvalue weighted by Gasteiger charge is -2.27. The lowest BCUT2D eigenvalue weighted by atomic mass is 9.93. The number of carboxylic acids is 1. The van der Waals surface area contributed by atoms with Gasteiger partial charge in [0.15, 0.2) is 0 Å². The van der Waals surface area contributed by atoms with Crippen molar-refractivity contribution in [3.05, 3.63) is 27.8 Å². The van der Waals surface area contributed by atoms with Crippen LogP contribution in [0.4, 0.5) is 5.69 Å². The van der Waals surface area contributed by atoms with Crippen LogP contribution in [-0.2, 0) is 9.59 Å². The van der Waals surface area contributed by atoms with Crippen LogP contribution < -0.4 is 10.6 Å². The summed E-state index contributed by atoms with van der Waals surface area (Å²) in [5, 5.41) is 14.9. The molecule has 3 N–H and O–H groups in total. The minimum Gasteiger partial charge on any atom is -0.480 e. The number of benzene rings is 1. The molecule has 0 saturated heterocycles. The monoisotopic (exact) mass is 390 g/mol. The SMILES string of the molecule is CCC(CC)(NCC(=O)Nc1ccccc1I)C(=O)O. The molecule has 0 aliphatic carbocycles. The second-order valence-electron chi connectivity index (χ2n) is 4.48. The summed E-state index contributed by atoms with van der Waals surface area (Å²) < 4.78 is 0.939. The quantitative estimate of drug-likeness (QED) is 0.625. The minimum absolute atomic E-state index is 0.0288. The van der Waals surface area contributed by atoms with E-state index in [2.05, 4.69) is 33.2 Å². The first-order chi connectivity index (χ1) is 9.45. The highest BCUT2D eigenvalue weighted by Gasteiger charge is 2.34. The zero-order valence-electron chi connectivity index (χ0n) is 11.6. The number of carbonyl (C=O) groups is 2. The average Bonchev–Trinajstić information content (AvgIpc) is 2.43. The third-order valence-electron chi connectivity index (χ3n) is 3.35. The van der Waals surface area contributed by atoms with Gasteiger partial charge in [-0.05, 0) is 47.6 Å². The fraction of sp³-hybridized carbons (Fsp3) is 0.429. The van der Waals surface area contributed by atoms with E-state index in [1.807, 2.05) is 24.3 Å². The van der Waals surface area contributed by atoms with Crippen molar-refractivity contribution in [1.82, 2.24) is 5.32 Å². The Balaban J connectivity index is 2.63. The molecule has 0 aliphatic heterocycles. The van der Waals surface area contributed by atoms with Crippen molar-refractivity contribution in [1.29, 1.82) is 0 Å². The van der Waals surface area contributed by atoms with Crippen LogP contribution in [0.3, 0.4) is 0 Å². The number of amides is 1. The Morgan fingerprint density at radius 2 is 1.85 bits per heavy atom. The number of rotatable bonds is 7. The Hall–Kier alpha value is -1.15. The van der Waals surface area contributed by atoms with E-state index in [9.17, 15) is 14.7 Å². The molecule has 0 aromatic heterocycles. The molecule has 6 heteroatoms. The molecular formula is C14H19IN2O3. The van der Waals surface area contributed by atoms with E-state index in [1.165, 1.54) is 0 Å². The maximum atomic E-state index is 11.9. The smallest absolute Gasteiger partial charge is 0.323 e. The second kappa shape index (κ2) is 7.58. The number of hydrogen-bond acceptors (Lipinski definition) is 3. The number of para-hydroxylation sites is 1. The van der Waals surface area contributed by atoms with Gasteiger partial charge in [-0.1, -0.05) is 26.0 Å². The number of halogens is 1. The number of nitrogens with one attached hydrogen (secondary N) is 2. The van der Waals surface area contributed by atoms with Crippen molar-refractivity contribution in [3.63, 3.8) is 0 Å². The van der Waals surface area contributed by atoms with Gasteiger partial charge >= 0.3 is 5.97 Å². The Morgan fingerprint density at radius 3 is 2.35 bits per heavy atom. The lowest BCUT2D eigenvalue weighted by molar-refractivity contribution is -0.145. The van der Waals surface area contributed by atoms with Gasteiger partial charge in [0, 0.05) is 3.57 Å². The standard InChI is InChI=1S/C14H19IN2O3/c1-3-14(4-2,13(19)20)16-9-12(18)17-11-8-6-5-7-10(11)15/h5-8,16H,3-4,9H2,1-2H3,(H,17,18)(H,19,20). The summed E-state index contributed by atoms with van der Waals surface area (Å²) in [7, 11) is 0. The van der Waals surface area contributed by atoms with E-state index >= 15 is 0 Å². The van der Waals surface area contributed by atoms with Gasteiger partial charge < -0.3 is 10.4 Å². The third-order valence-corrected chi connectivity index (χ3v) is 4.29. The molecule has 0 atom stereocenters. The Kier molecular flexibility index (Phi) is 6.41. The molecule has 0 heterocycles. The van der Waals surface area contributed by atoms with E-state index in [1.54, 1.807) is 13.8 Å². The van der Waals surface area contributed by atoms with Gasteiger partial charge in [0.2, 0.25) is 5.91 Å². The number of aliphatic carboxylic acids is 1. The van der Waals surface area contributed by atoms with Gasteiger partial charge in [0.1, 0.15) is 5.54 Å². The van der Waals surface area contributed by atoms with Crippen molar-refractivity contribution in [2.24, 2.45) is 0 Å². The maximum absolute atomic E-state index is 11.9. The first-order valence-electron chi connectivity index (χ1n) is 6.48. The second-order valence-corrected chi connectivity index (χ2v) is 5.64. The van der Waals surface area contributed by atoms with E-state index in [0.29, 0.717) is 12.8 Å². The third kappa shape index (κ3) is 4.17. The molecule has 0 unspecified atom stereocenters. The molecule has 0 radical (unpaired) electrons. The van der Waals surface area contributed by atoms with Crippen LogP contribution in [0, 0.1) is 3.57 Å². The normalized spacial score (nSPS) is 11.2. The fourth-order valence-electron chi connectivity index (χ4n) is 1.88. The summed E-state index contributed by atoms with van der Waals surface area (Å²) in [6, 6.07) is 7.43. The number of carboxylic acid groups (broad SMARTS) is 1.